The minimum Gasteiger partial charge on any atom is -0.496 e. The highest BCUT2D eigenvalue weighted by Gasteiger charge is 2.19. The van der Waals surface area contributed by atoms with E-state index in [1.165, 1.54) is 14.2 Å². The lowest BCUT2D eigenvalue weighted by Crippen LogP contribution is -2.31. The fourth-order valence-corrected chi connectivity index (χ4v) is 1.38. The van der Waals surface area contributed by atoms with E-state index in [1.54, 1.807) is 25.1 Å². The van der Waals surface area contributed by atoms with Crippen LogP contribution in [0.4, 0.5) is 0 Å². The summed E-state index contributed by atoms with van der Waals surface area (Å²) in [5.41, 5.74) is 0.291. The molecule has 1 rings (SSSR count). The first kappa shape index (κ1) is 12.8. The van der Waals surface area contributed by atoms with Crippen LogP contribution in [0.15, 0.2) is 18.2 Å². The number of ether oxygens (including phenoxy) is 2. The molecule has 1 atom stereocenters. The van der Waals surface area contributed by atoms with Gasteiger partial charge >= 0.3 is 0 Å². The minimum absolute atomic E-state index is 0.291. The molecule has 0 bridgehead atoms. The summed E-state index contributed by atoms with van der Waals surface area (Å²) in [6, 6.07) is 6.40. The quantitative estimate of drug-likeness (QED) is 0.853. The molecule has 1 aromatic carbocycles. The highest BCUT2D eigenvalue weighted by Crippen LogP contribution is 2.27. The van der Waals surface area contributed by atoms with Crippen LogP contribution < -0.4 is 14.8 Å². The van der Waals surface area contributed by atoms with E-state index < -0.39 is 11.9 Å². The van der Waals surface area contributed by atoms with E-state index in [2.05, 4.69) is 5.32 Å². The molecule has 0 fully saturated rings. The second-order valence-electron chi connectivity index (χ2n) is 3.36. The molecule has 0 aromatic heterocycles. The molecule has 17 heavy (non-hydrogen) atoms. The highest BCUT2D eigenvalue weighted by molar-refractivity contribution is 6.00. The average molecular weight is 234 g/mol. The topological polar surface area (TPSA) is 71.3 Å². The summed E-state index contributed by atoms with van der Waals surface area (Å²) in [4.78, 5) is 12.0. The first-order valence-electron chi connectivity index (χ1n) is 5.05. The lowest BCUT2D eigenvalue weighted by Gasteiger charge is -2.13. The maximum atomic E-state index is 12.0. The fraction of sp³-hybridized carbons (Fsp3) is 0.333. The fourth-order valence-electron chi connectivity index (χ4n) is 1.38. The van der Waals surface area contributed by atoms with Crippen LogP contribution >= 0.6 is 0 Å². The first-order chi connectivity index (χ1) is 8.13. The van der Waals surface area contributed by atoms with Crippen LogP contribution in [0.2, 0.25) is 0 Å². The van der Waals surface area contributed by atoms with Crippen molar-refractivity contribution in [2.75, 3.05) is 14.2 Å². The molecular weight excluding hydrogens is 220 g/mol. The van der Waals surface area contributed by atoms with Gasteiger partial charge in [0.25, 0.3) is 5.91 Å². The third kappa shape index (κ3) is 2.88. The number of carbonyl (C=O) groups is 1. The zero-order valence-corrected chi connectivity index (χ0v) is 9.98. The SMILES string of the molecule is COc1cccc(OC)c1C(=O)NC(C)C#N. The number of hydrogen-bond acceptors (Lipinski definition) is 4. The van der Waals surface area contributed by atoms with E-state index in [0.29, 0.717) is 17.1 Å². The molecule has 5 heteroatoms. The zero-order valence-electron chi connectivity index (χ0n) is 9.98. The smallest absolute Gasteiger partial charge is 0.259 e. The third-order valence-electron chi connectivity index (χ3n) is 2.20. The normalized spacial score (nSPS) is 11.2. The van der Waals surface area contributed by atoms with Gasteiger partial charge in [-0.15, -0.1) is 0 Å². The van der Waals surface area contributed by atoms with Crippen LogP contribution in [-0.4, -0.2) is 26.2 Å². The van der Waals surface area contributed by atoms with Crippen LogP contribution in [0.3, 0.4) is 0 Å². The first-order valence-corrected chi connectivity index (χ1v) is 5.05. The number of amides is 1. The van der Waals surface area contributed by atoms with E-state index in [1.807, 2.05) is 6.07 Å². The van der Waals surface area contributed by atoms with Crippen LogP contribution in [0.1, 0.15) is 17.3 Å². The Morgan fingerprint density at radius 3 is 2.29 bits per heavy atom. The van der Waals surface area contributed by atoms with Crippen molar-refractivity contribution in [3.8, 4) is 17.6 Å². The van der Waals surface area contributed by atoms with Crippen LogP contribution in [0.25, 0.3) is 0 Å². The highest BCUT2D eigenvalue weighted by atomic mass is 16.5. The standard InChI is InChI=1S/C12H14N2O3/c1-8(7-13)14-12(15)11-9(16-2)5-4-6-10(11)17-3/h4-6,8H,1-3H3,(H,14,15). The Bertz CT molecular complexity index is 429. The number of nitriles is 1. The maximum Gasteiger partial charge on any atom is 0.259 e. The molecule has 0 aliphatic heterocycles. The van der Waals surface area contributed by atoms with Gasteiger partial charge < -0.3 is 14.8 Å². The molecule has 90 valence electrons. The van der Waals surface area contributed by atoms with Crippen molar-refractivity contribution >= 4 is 5.91 Å². The van der Waals surface area contributed by atoms with Crippen molar-refractivity contribution in [2.45, 2.75) is 13.0 Å². The van der Waals surface area contributed by atoms with Gasteiger partial charge in [0, 0.05) is 0 Å². The lowest BCUT2D eigenvalue weighted by atomic mass is 10.1. The predicted molar refractivity (Wildman–Crippen MR) is 62.1 cm³/mol. The van der Waals surface area contributed by atoms with Gasteiger partial charge in [0.1, 0.15) is 23.1 Å². The number of nitrogens with zero attached hydrogens (tertiary/aromatic N) is 1. The molecule has 0 saturated carbocycles. The molecule has 1 amide bonds. The van der Waals surface area contributed by atoms with Gasteiger partial charge in [0.05, 0.1) is 20.3 Å². The second-order valence-corrected chi connectivity index (χ2v) is 3.36. The van der Waals surface area contributed by atoms with E-state index in [-0.39, 0.29) is 0 Å². The summed E-state index contributed by atoms with van der Waals surface area (Å²) in [7, 11) is 2.94. The van der Waals surface area contributed by atoms with Crippen LogP contribution in [0, 0.1) is 11.3 Å². The average Bonchev–Trinajstić information content (AvgIpc) is 2.37. The summed E-state index contributed by atoms with van der Waals surface area (Å²) < 4.78 is 10.2. The Hall–Kier alpha value is -2.22. The van der Waals surface area contributed by atoms with Gasteiger partial charge in [-0.2, -0.15) is 5.26 Å². The predicted octanol–water partition coefficient (Wildman–Crippen LogP) is 1.35. The maximum absolute atomic E-state index is 12.0. The van der Waals surface area contributed by atoms with Crippen molar-refractivity contribution in [1.82, 2.24) is 5.32 Å². The molecule has 0 saturated heterocycles. The number of methoxy groups -OCH3 is 2. The van der Waals surface area contributed by atoms with E-state index in [9.17, 15) is 4.79 Å². The number of carbonyl (C=O) groups excluding carboxylic acids is 1. The van der Waals surface area contributed by atoms with Crippen LogP contribution in [-0.2, 0) is 0 Å². The molecule has 0 aliphatic carbocycles. The second kappa shape index (κ2) is 5.75. The van der Waals surface area contributed by atoms with Gasteiger partial charge in [-0.05, 0) is 19.1 Å². The van der Waals surface area contributed by atoms with Gasteiger partial charge in [-0.25, -0.2) is 0 Å². The van der Waals surface area contributed by atoms with Crippen molar-refractivity contribution in [1.29, 1.82) is 5.26 Å². The largest absolute Gasteiger partial charge is 0.496 e. The molecule has 0 heterocycles. The Labute approximate surface area is 100.0 Å². The molecule has 0 radical (unpaired) electrons. The monoisotopic (exact) mass is 234 g/mol. The summed E-state index contributed by atoms with van der Waals surface area (Å²) in [6.07, 6.45) is 0. The van der Waals surface area contributed by atoms with Crippen molar-refractivity contribution in [3.63, 3.8) is 0 Å². The van der Waals surface area contributed by atoms with E-state index in [0.717, 1.165) is 0 Å². The molecule has 0 aliphatic rings. The van der Waals surface area contributed by atoms with Crippen molar-refractivity contribution in [2.24, 2.45) is 0 Å². The summed E-state index contributed by atoms with van der Waals surface area (Å²) >= 11 is 0. The molecular formula is C12H14N2O3. The van der Waals surface area contributed by atoms with Crippen LogP contribution in [0.5, 0.6) is 11.5 Å². The zero-order chi connectivity index (χ0) is 12.8. The summed E-state index contributed by atoms with van der Waals surface area (Å²) in [5, 5.41) is 11.2. The van der Waals surface area contributed by atoms with Gasteiger partial charge in [0.15, 0.2) is 0 Å². The Balaban J connectivity index is 3.10. The molecule has 1 unspecified atom stereocenters. The van der Waals surface area contributed by atoms with Gasteiger partial charge in [-0.3, -0.25) is 4.79 Å². The summed E-state index contributed by atoms with van der Waals surface area (Å²) in [6.45, 7) is 1.60. The Morgan fingerprint density at radius 1 is 1.35 bits per heavy atom. The Morgan fingerprint density at radius 2 is 1.88 bits per heavy atom. The molecule has 1 N–H and O–H groups in total. The minimum atomic E-state index is -0.572. The van der Waals surface area contributed by atoms with Crippen molar-refractivity contribution < 1.29 is 14.3 Å². The van der Waals surface area contributed by atoms with Gasteiger partial charge in [0.2, 0.25) is 0 Å². The lowest BCUT2D eigenvalue weighted by molar-refractivity contribution is 0.0941. The number of benzene rings is 1. The molecule has 5 nitrogen and oxygen atoms in total. The van der Waals surface area contributed by atoms with E-state index in [4.69, 9.17) is 14.7 Å². The number of nitrogens with one attached hydrogen (secondary N) is 1. The number of rotatable bonds is 4. The molecule has 0 spiro atoms. The number of hydrogen-bond donors (Lipinski definition) is 1. The molecule has 1 aromatic rings. The van der Waals surface area contributed by atoms with Gasteiger partial charge in [-0.1, -0.05) is 6.07 Å². The van der Waals surface area contributed by atoms with Crippen molar-refractivity contribution in [3.05, 3.63) is 23.8 Å². The third-order valence-corrected chi connectivity index (χ3v) is 2.20. The Kier molecular flexibility index (Phi) is 4.35. The van der Waals surface area contributed by atoms with E-state index >= 15 is 0 Å². The summed E-state index contributed by atoms with van der Waals surface area (Å²) in [5.74, 6) is 0.423.